The molecule has 108 valence electrons. The van der Waals surface area contributed by atoms with Gasteiger partial charge in [0.1, 0.15) is 0 Å². The number of benzene rings is 1. The predicted molar refractivity (Wildman–Crippen MR) is 78.7 cm³/mol. The van der Waals surface area contributed by atoms with E-state index in [2.05, 4.69) is 29.7 Å². The Morgan fingerprint density at radius 2 is 2.30 bits per heavy atom. The average molecular weight is 274 g/mol. The van der Waals surface area contributed by atoms with Crippen LogP contribution in [0, 0.1) is 5.92 Å². The molecule has 0 saturated carbocycles. The molecule has 4 heteroatoms. The highest BCUT2D eigenvalue weighted by Gasteiger charge is 2.30. The van der Waals surface area contributed by atoms with Crippen LogP contribution in [0.1, 0.15) is 25.3 Å². The molecule has 0 aliphatic carbocycles. The third kappa shape index (κ3) is 2.80. The van der Waals surface area contributed by atoms with Crippen molar-refractivity contribution in [3.8, 4) is 0 Å². The summed E-state index contributed by atoms with van der Waals surface area (Å²) in [5.41, 5.74) is 2.38. The minimum Gasteiger partial charge on any atom is -0.382 e. The Labute approximate surface area is 119 Å². The van der Waals surface area contributed by atoms with E-state index in [1.54, 1.807) is 0 Å². The van der Waals surface area contributed by atoms with E-state index in [0.717, 1.165) is 31.6 Å². The highest BCUT2D eigenvalue weighted by atomic mass is 16.5. The lowest BCUT2D eigenvalue weighted by Crippen LogP contribution is -2.45. The maximum atomic E-state index is 12.4. The van der Waals surface area contributed by atoms with Crippen LogP contribution in [-0.4, -0.2) is 31.2 Å². The van der Waals surface area contributed by atoms with Crippen LogP contribution in [0.25, 0.3) is 0 Å². The molecule has 2 N–H and O–H groups in total. The summed E-state index contributed by atoms with van der Waals surface area (Å²) in [6.45, 7) is 3.55. The second kappa shape index (κ2) is 5.83. The fraction of sp³-hybridized carbons (Fsp3) is 0.562. The molecule has 2 aliphatic rings. The van der Waals surface area contributed by atoms with Gasteiger partial charge in [-0.25, -0.2) is 0 Å². The maximum Gasteiger partial charge on any atom is 0.225 e. The summed E-state index contributed by atoms with van der Waals surface area (Å²) in [5, 5.41) is 6.48. The summed E-state index contributed by atoms with van der Waals surface area (Å²) in [7, 11) is 0. The number of rotatable bonds is 3. The summed E-state index contributed by atoms with van der Waals surface area (Å²) < 4.78 is 5.54. The molecular weight excluding hydrogens is 252 g/mol. The fourth-order valence-corrected chi connectivity index (χ4v) is 3.07. The minimum absolute atomic E-state index is 0.00805. The van der Waals surface area contributed by atoms with Crippen LogP contribution in [0.4, 0.5) is 5.69 Å². The van der Waals surface area contributed by atoms with Crippen molar-refractivity contribution in [1.82, 2.24) is 5.32 Å². The van der Waals surface area contributed by atoms with Gasteiger partial charge in [0.2, 0.25) is 5.91 Å². The van der Waals surface area contributed by atoms with E-state index in [1.807, 2.05) is 12.1 Å². The molecule has 1 amide bonds. The number of fused-ring (bicyclic) bond motifs is 1. The Kier molecular flexibility index (Phi) is 3.92. The van der Waals surface area contributed by atoms with E-state index in [-0.39, 0.29) is 24.0 Å². The summed E-state index contributed by atoms with van der Waals surface area (Å²) >= 11 is 0. The van der Waals surface area contributed by atoms with E-state index in [0.29, 0.717) is 6.54 Å². The first-order valence-electron chi connectivity index (χ1n) is 7.48. The van der Waals surface area contributed by atoms with Gasteiger partial charge in [-0.2, -0.15) is 0 Å². The zero-order chi connectivity index (χ0) is 13.9. The zero-order valence-corrected chi connectivity index (χ0v) is 11.9. The smallest absolute Gasteiger partial charge is 0.225 e. The van der Waals surface area contributed by atoms with E-state index < -0.39 is 0 Å². The van der Waals surface area contributed by atoms with E-state index in [4.69, 9.17) is 4.74 Å². The number of ether oxygens (including phenoxy) is 1. The molecule has 3 rings (SSSR count). The van der Waals surface area contributed by atoms with Crippen LogP contribution in [0.3, 0.4) is 0 Å². The van der Waals surface area contributed by atoms with Crippen molar-refractivity contribution in [2.45, 2.75) is 38.3 Å². The third-order valence-corrected chi connectivity index (χ3v) is 4.31. The van der Waals surface area contributed by atoms with Gasteiger partial charge in [-0.15, -0.1) is 0 Å². The van der Waals surface area contributed by atoms with Gasteiger partial charge in [-0.3, -0.25) is 4.79 Å². The largest absolute Gasteiger partial charge is 0.382 e. The van der Waals surface area contributed by atoms with Gasteiger partial charge in [0.05, 0.1) is 12.0 Å². The van der Waals surface area contributed by atoms with Crippen LogP contribution in [-0.2, 0) is 16.0 Å². The lowest BCUT2D eigenvalue weighted by molar-refractivity contribution is -0.125. The van der Waals surface area contributed by atoms with Crippen molar-refractivity contribution in [3.63, 3.8) is 0 Å². The molecule has 1 saturated heterocycles. The van der Waals surface area contributed by atoms with Gasteiger partial charge in [0, 0.05) is 24.9 Å². The van der Waals surface area contributed by atoms with Gasteiger partial charge in [0.25, 0.3) is 0 Å². The molecule has 4 nitrogen and oxygen atoms in total. The number of carbonyl (C=O) groups excluding carboxylic acids is 1. The van der Waals surface area contributed by atoms with Gasteiger partial charge in [-0.1, -0.05) is 18.2 Å². The Hall–Kier alpha value is -1.55. The van der Waals surface area contributed by atoms with Crippen LogP contribution in [0.5, 0.6) is 0 Å². The lowest BCUT2D eigenvalue weighted by atomic mass is 9.87. The van der Waals surface area contributed by atoms with Crippen LogP contribution >= 0.6 is 0 Å². The standard InChI is InChI=1S/C16H22N2O2/c1-11-14(9-12-5-2-3-7-15(12)18-11)16(19)17-10-13-6-4-8-20-13/h2-3,5,7,11,13-14,18H,4,6,8-10H2,1H3,(H,17,19). The third-order valence-electron chi connectivity index (χ3n) is 4.31. The molecule has 0 aromatic heterocycles. The Morgan fingerprint density at radius 3 is 3.10 bits per heavy atom. The van der Waals surface area contributed by atoms with Crippen LogP contribution < -0.4 is 10.6 Å². The summed E-state index contributed by atoms with van der Waals surface area (Å²) in [4.78, 5) is 12.4. The average Bonchev–Trinajstić information content (AvgIpc) is 2.97. The first kappa shape index (κ1) is 13.4. The van der Waals surface area contributed by atoms with Crippen LogP contribution in [0.2, 0.25) is 0 Å². The molecule has 1 fully saturated rings. The highest BCUT2D eigenvalue weighted by molar-refractivity contribution is 5.81. The van der Waals surface area contributed by atoms with Crippen molar-refractivity contribution < 1.29 is 9.53 Å². The van der Waals surface area contributed by atoms with E-state index in [1.165, 1.54) is 5.56 Å². The van der Waals surface area contributed by atoms with Crippen molar-refractivity contribution >= 4 is 11.6 Å². The molecule has 20 heavy (non-hydrogen) atoms. The second-order valence-corrected chi connectivity index (χ2v) is 5.78. The normalized spacial score (nSPS) is 28.6. The van der Waals surface area contributed by atoms with Gasteiger partial charge >= 0.3 is 0 Å². The van der Waals surface area contributed by atoms with E-state index in [9.17, 15) is 4.79 Å². The molecule has 3 unspecified atom stereocenters. The molecular formula is C16H22N2O2. The minimum atomic E-state index is -0.00805. The monoisotopic (exact) mass is 274 g/mol. The van der Waals surface area contributed by atoms with E-state index >= 15 is 0 Å². The SMILES string of the molecule is CC1Nc2ccccc2CC1C(=O)NCC1CCCO1. The second-order valence-electron chi connectivity index (χ2n) is 5.78. The number of hydrogen-bond donors (Lipinski definition) is 2. The zero-order valence-electron chi connectivity index (χ0n) is 11.9. The lowest BCUT2D eigenvalue weighted by Gasteiger charge is -2.31. The fourth-order valence-electron chi connectivity index (χ4n) is 3.07. The molecule has 3 atom stereocenters. The number of carbonyl (C=O) groups is 1. The topological polar surface area (TPSA) is 50.4 Å². The highest BCUT2D eigenvalue weighted by Crippen LogP contribution is 2.28. The summed E-state index contributed by atoms with van der Waals surface area (Å²) in [6.07, 6.45) is 3.18. The number of anilines is 1. The quantitative estimate of drug-likeness (QED) is 0.886. The van der Waals surface area contributed by atoms with Gasteiger partial charge in [0.15, 0.2) is 0 Å². The predicted octanol–water partition coefficient (Wildman–Crippen LogP) is 1.95. The van der Waals surface area contributed by atoms with Gasteiger partial charge < -0.3 is 15.4 Å². The molecule has 0 bridgehead atoms. The molecule has 0 spiro atoms. The molecule has 1 aromatic carbocycles. The summed E-state index contributed by atoms with van der Waals surface area (Å²) in [5.74, 6) is 0.126. The molecule has 0 radical (unpaired) electrons. The molecule has 2 heterocycles. The maximum absolute atomic E-state index is 12.4. The Morgan fingerprint density at radius 1 is 1.45 bits per heavy atom. The first-order valence-corrected chi connectivity index (χ1v) is 7.48. The Balaban J connectivity index is 1.60. The number of amides is 1. The molecule has 2 aliphatic heterocycles. The van der Waals surface area contributed by atoms with Crippen molar-refractivity contribution in [2.75, 3.05) is 18.5 Å². The number of nitrogens with one attached hydrogen (secondary N) is 2. The van der Waals surface area contributed by atoms with Crippen LogP contribution in [0.15, 0.2) is 24.3 Å². The Bertz CT molecular complexity index is 483. The number of para-hydroxylation sites is 1. The van der Waals surface area contributed by atoms with Gasteiger partial charge in [-0.05, 0) is 37.8 Å². The molecule has 1 aromatic rings. The summed E-state index contributed by atoms with van der Waals surface area (Å²) in [6, 6.07) is 8.38. The van der Waals surface area contributed by atoms with Crippen molar-refractivity contribution in [3.05, 3.63) is 29.8 Å². The van der Waals surface area contributed by atoms with Crippen molar-refractivity contribution in [1.29, 1.82) is 0 Å². The number of hydrogen-bond acceptors (Lipinski definition) is 3. The van der Waals surface area contributed by atoms with Crippen molar-refractivity contribution in [2.24, 2.45) is 5.92 Å². The first-order chi connectivity index (χ1) is 9.74.